The largest absolute Gasteiger partial charge is 0.497 e. The fourth-order valence-corrected chi connectivity index (χ4v) is 4.13. The van der Waals surface area contributed by atoms with Crippen molar-refractivity contribution in [1.82, 2.24) is 5.32 Å². The zero-order valence-corrected chi connectivity index (χ0v) is 17.2. The molecule has 0 aliphatic carbocycles. The number of methoxy groups -OCH3 is 1. The molecule has 1 N–H and O–H groups in total. The molecule has 1 saturated heterocycles. The van der Waals surface area contributed by atoms with Crippen molar-refractivity contribution in [2.75, 3.05) is 33.7 Å². The second-order valence-electron chi connectivity index (χ2n) is 6.99. The van der Waals surface area contributed by atoms with E-state index in [1.165, 1.54) is 0 Å². The van der Waals surface area contributed by atoms with Gasteiger partial charge in [-0.3, -0.25) is 4.79 Å². The summed E-state index contributed by atoms with van der Waals surface area (Å²) in [6.07, 6.45) is 1.65. The van der Waals surface area contributed by atoms with Gasteiger partial charge in [-0.15, -0.1) is 0 Å². The van der Waals surface area contributed by atoms with E-state index in [2.05, 4.69) is 27.3 Å². The van der Waals surface area contributed by atoms with Crippen LogP contribution in [0.2, 0.25) is 0 Å². The number of rotatable bonds is 5. The van der Waals surface area contributed by atoms with E-state index in [4.69, 9.17) is 18.9 Å². The molecule has 148 valence electrons. The highest BCUT2D eigenvalue weighted by Gasteiger charge is 2.36. The van der Waals surface area contributed by atoms with Crippen molar-refractivity contribution in [3.8, 4) is 17.2 Å². The highest BCUT2D eigenvalue weighted by atomic mass is 79.9. The molecule has 2 aromatic rings. The van der Waals surface area contributed by atoms with Crippen molar-refractivity contribution in [3.05, 3.63) is 52.0 Å². The van der Waals surface area contributed by atoms with Gasteiger partial charge >= 0.3 is 0 Å². The summed E-state index contributed by atoms with van der Waals surface area (Å²) in [5.74, 6) is 2.02. The third kappa shape index (κ3) is 3.69. The Kier molecular flexibility index (Phi) is 5.46. The topological polar surface area (TPSA) is 66.0 Å². The van der Waals surface area contributed by atoms with E-state index in [1.807, 2.05) is 24.3 Å². The zero-order valence-electron chi connectivity index (χ0n) is 15.6. The summed E-state index contributed by atoms with van der Waals surface area (Å²) >= 11 is 3.45. The van der Waals surface area contributed by atoms with Crippen LogP contribution in [0.3, 0.4) is 0 Å². The van der Waals surface area contributed by atoms with Gasteiger partial charge in [0.05, 0.1) is 12.7 Å². The Morgan fingerprint density at radius 1 is 1.14 bits per heavy atom. The summed E-state index contributed by atoms with van der Waals surface area (Å²) in [5.41, 5.74) is 1.47. The van der Waals surface area contributed by atoms with Gasteiger partial charge in [-0.1, -0.05) is 6.07 Å². The summed E-state index contributed by atoms with van der Waals surface area (Å²) < 4.78 is 22.5. The quantitative estimate of drug-likeness (QED) is 0.757. The van der Waals surface area contributed by atoms with E-state index >= 15 is 0 Å². The minimum absolute atomic E-state index is 0.141. The number of nitrogens with one attached hydrogen (secondary N) is 1. The van der Waals surface area contributed by atoms with Gasteiger partial charge in [0.1, 0.15) is 5.75 Å². The second kappa shape index (κ2) is 8.01. The minimum atomic E-state index is -0.208. The van der Waals surface area contributed by atoms with Crippen LogP contribution >= 0.6 is 15.9 Å². The number of ether oxygens (including phenoxy) is 4. The lowest BCUT2D eigenvalue weighted by Gasteiger charge is -2.38. The number of hydrogen-bond donors (Lipinski definition) is 1. The van der Waals surface area contributed by atoms with Crippen LogP contribution in [0.1, 0.15) is 28.8 Å². The molecule has 1 fully saturated rings. The van der Waals surface area contributed by atoms with Gasteiger partial charge in [-0.05, 0) is 64.7 Å². The molecule has 0 atom stereocenters. The van der Waals surface area contributed by atoms with Crippen molar-refractivity contribution in [2.24, 2.45) is 0 Å². The molecule has 0 unspecified atom stereocenters. The lowest BCUT2D eigenvalue weighted by Crippen LogP contribution is -2.44. The number of fused-ring (bicyclic) bond motifs is 1. The highest BCUT2D eigenvalue weighted by Crippen LogP contribution is 2.40. The standard InChI is InChI=1S/C21H22BrNO5/c1-25-15-3-4-17(22)16(11-15)20(24)23-12-21(6-8-26-9-7-21)14-2-5-18-19(10-14)28-13-27-18/h2-5,10-11H,6-9,12-13H2,1H3,(H,23,24). The van der Waals surface area contributed by atoms with E-state index in [0.717, 1.165) is 34.4 Å². The monoisotopic (exact) mass is 447 g/mol. The Balaban J connectivity index is 1.57. The molecule has 0 radical (unpaired) electrons. The van der Waals surface area contributed by atoms with Crippen molar-refractivity contribution in [2.45, 2.75) is 18.3 Å². The first-order valence-electron chi connectivity index (χ1n) is 9.21. The molecule has 2 aliphatic heterocycles. The summed E-state index contributed by atoms with van der Waals surface area (Å²) in [6.45, 7) is 2.08. The van der Waals surface area contributed by atoms with E-state index in [1.54, 1.807) is 13.2 Å². The van der Waals surface area contributed by atoms with Crippen molar-refractivity contribution in [1.29, 1.82) is 0 Å². The van der Waals surface area contributed by atoms with Gasteiger partial charge in [-0.2, -0.15) is 0 Å². The molecular weight excluding hydrogens is 426 g/mol. The number of amides is 1. The molecule has 2 heterocycles. The first-order chi connectivity index (χ1) is 13.6. The Morgan fingerprint density at radius 2 is 1.93 bits per heavy atom. The number of carbonyl (C=O) groups is 1. The Labute approximate surface area is 172 Å². The minimum Gasteiger partial charge on any atom is -0.497 e. The van der Waals surface area contributed by atoms with Crippen LogP contribution in [0.25, 0.3) is 0 Å². The lowest BCUT2D eigenvalue weighted by molar-refractivity contribution is 0.0486. The van der Waals surface area contributed by atoms with Crippen LogP contribution < -0.4 is 19.5 Å². The molecule has 0 aromatic heterocycles. The van der Waals surface area contributed by atoms with Crippen molar-refractivity contribution in [3.63, 3.8) is 0 Å². The first-order valence-corrected chi connectivity index (χ1v) is 10.0. The molecule has 0 spiro atoms. The molecule has 6 nitrogen and oxygen atoms in total. The van der Waals surface area contributed by atoms with Gasteiger partial charge < -0.3 is 24.3 Å². The summed E-state index contributed by atoms with van der Waals surface area (Å²) in [5, 5.41) is 3.12. The second-order valence-corrected chi connectivity index (χ2v) is 7.84. The number of hydrogen-bond acceptors (Lipinski definition) is 5. The molecule has 7 heteroatoms. The molecule has 0 saturated carbocycles. The zero-order chi connectivity index (χ0) is 19.6. The molecule has 4 rings (SSSR count). The Morgan fingerprint density at radius 3 is 2.71 bits per heavy atom. The summed E-state index contributed by atoms with van der Waals surface area (Å²) in [4.78, 5) is 12.9. The Hall–Kier alpha value is -2.25. The van der Waals surface area contributed by atoms with Gasteiger partial charge in [0.25, 0.3) is 5.91 Å². The van der Waals surface area contributed by atoms with Crippen LogP contribution in [0.15, 0.2) is 40.9 Å². The Bertz CT molecular complexity index is 879. The molecular formula is C21H22BrNO5. The average molecular weight is 448 g/mol. The fraction of sp³-hybridized carbons (Fsp3) is 0.381. The molecule has 2 aromatic carbocycles. The van der Waals surface area contributed by atoms with Gasteiger partial charge in [0, 0.05) is 29.6 Å². The maximum atomic E-state index is 12.9. The van der Waals surface area contributed by atoms with Gasteiger partial charge in [0.2, 0.25) is 6.79 Å². The van der Waals surface area contributed by atoms with E-state index in [9.17, 15) is 4.79 Å². The van der Waals surface area contributed by atoms with Crippen LogP contribution in [-0.4, -0.2) is 39.6 Å². The smallest absolute Gasteiger partial charge is 0.252 e. The predicted molar refractivity (Wildman–Crippen MR) is 107 cm³/mol. The van der Waals surface area contributed by atoms with Crippen LogP contribution in [0.4, 0.5) is 0 Å². The van der Waals surface area contributed by atoms with Crippen molar-refractivity contribution < 1.29 is 23.7 Å². The average Bonchev–Trinajstić information content (AvgIpc) is 3.21. The lowest BCUT2D eigenvalue weighted by atomic mass is 9.74. The molecule has 28 heavy (non-hydrogen) atoms. The van der Waals surface area contributed by atoms with Gasteiger partial charge in [0.15, 0.2) is 11.5 Å². The van der Waals surface area contributed by atoms with Crippen molar-refractivity contribution >= 4 is 21.8 Å². The molecule has 2 aliphatic rings. The highest BCUT2D eigenvalue weighted by molar-refractivity contribution is 9.10. The first kappa shape index (κ1) is 19.1. The molecule has 0 bridgehead atoms. The normalized spacial score (nSPS) is 17.2. The maximum absolute atomic E-state index is 12.9. The maximum Gasteiger partial charge on any atom is 0.252 e. The van der Waals surface area contributed by atoms with Crippen LogP contribution in [0.5, 0.6) is 17.2 Å². The summed E-state index contributed by atoms with van der Waals surface area (Å²) in [7, 11) is 1.58. The van der Waals surface area contributed by atoms with Gasteiger partial charge in [-0.25, -0.2) is 0 Å². The third-order valence-corrected chi connectivity index (χ3v) is 6.13. The van der Waals surface area contributed by atoms with E-state index < -0.39 is 0 Å². The summed E-state index contributed by atoms with van der Waals surface area (Å²) in [6, 6.07) is 11.4. The number of benzene rings is 2. The predicted octanol–water partition coefficient (Wildman–Crippen LogP) is 3.66. The van der Waals surface area contributed by atoms with Crippen LogP contribution in [-0.2, 0) is 10.2 Å². The van der Waals surface area contributed by atoms with Crippen LogP contribution in [0, 0.1) is 0 Å². The number of carbonyl (C=O) groups excluding carboxylic acids is 1. The fourth-order valence-electron chi connectivity index (χ4n) is 3.71. The van der Waals surface area contributed by atoms with E-state index in [0.29, 0.717) is 31.1 Å². The molecule has 1 amide bonds. The SMILES string of the molecule is COc1ccc(Br)c(C(=O)NCC2(c3ccc4c(c3)OCO4)CCOCC2)c1. The number of halogens is 1. The van der Waals surface area contributed by atoms with E-state index in [-0.39, 0.29) is 18.1 Å². The third-order valence-electron chi connectivity index (χ3n) is 5.44.